The minimum atomic E-state index is -0.00432. The average molecular weight is 244 g/mol. The highest BCUT2D eigenvalue weighted by atomic mass is 32.2. The van der Waals surface area contributed by atoms with Gasteiger partial charge in [-0.3, -0.25) is 4.79 Å². The Hall–Kier alpha value is -0.180. The number of esters is 1. The lowest BCUT2D eigenvalue weighted by Gasteiger charge is -2.15. The molecule has 0 N–H and O–H groups in total. The zero-order chi connectivity index (χ0) is 11.8. The van der Waals surface area contributed by atoms with E-state index in [1.165, 1.54) is 38.5 Å². The van der Waals surface area contributed by atoms with Crippen LogP contribution < -0.4 is 0 Å². The summed E-state index contributed by atoms with van der Waals surface area (Å²) in [5.41, 5.74) is 0. The van der Waals surface area contributed by atoms with Crippen LogP contribution in [0.4, 0.5) is 0 Å². The quantitative estimate of drug-likeness (QED) is 0.480. The molecule has 0 bridgehead atoms. The first kappa shape index (κ1) is 13.9. The molecule has 1 rings (SSSR count). The first-order valence-electron chi connectivity index (χ1n) is 6.50. The van der Waals surface area contributed by atoms with Gasteiger partial charge in [0.15, 0.2) is 0 Å². The van der Waals surface area contributed by atoms with Crippen LogP contribution in [-0.4, -0.2) is 23.6 Å². The number of carbonyl (C=O) groups is 1. The van der Waals surface area contributed by atoms with Crippen LogP contribution >= 0.6 is 11.8 Å². The second kappa shape index (κ2) is 7.99. The monoisotopic (exact) mass is 244 g/mol. The average Bonchev–Trinajstić information content (AvgIpc) is 2.64. The number of hydrogen-bond acceptors (Lipinski definition) is 3. The molecule has 1 fully saturated rings. The summed E-state index contributed by atoms with van der Waals surface area (Å²) in [5, 5.41) is 0.406. The standard InChI is InChI=1S/C13H24O2S/c1-3-4-5-6-7-8-9-11-12(16-2)10-13(14)15-11/h11-12H,3-10H2,1-2H3/t11-,12+/m1/s1. The van der Waals surface area contributed by atoms with Gasteiger partial charge in [0.25, 0.3) is 0 Å². The number of carbonyl (C=O) groups excluding carboxylic acids is 1. The van der Waals surface area contributed by atoms with E-state index in [4.69, 9.17) is 4.74 Å². The first-order valence-corrected chi connectivity index (χ1v) is 7.79. The number of unbranched alkanes of at least 4 members (excludes halogenated alkanes) is 5. The molecule has 1 saturated heterocycles. The van der Waals surface area contributed by atoms with Gasteiger partial charge in [-0.1, -0.05) is 39.0 Å². The van der Waals surface area contributed by atoms with Gasteiger partial charge in [0, 0.05) is 0 Å². The zero-order valence-electron chi connectivity index (χ0n) is 10.5. The van der Waals surface area contributed by atoms with E-state index >= 15 is 0 Å². The SMILES string of the molecule is CCCCCCCC[C@H]1OC(=O)C[C@@H]1SC. The smallest absolute Gasteiger partial charge is 0.307 e. The molecule has 1 aliphatic heterocycles. The summed E-state index contributed by atoms with van der Waals surface area (Å²) < 4.78 is 5.33. The molecule has 16 heavy (non-hydrogen) atoms. The molecular weight excluding hydrogens is 220 g/mol. The van der Waals surface area contributed by atoms with Crippen molar-refractivity contribution in [2.24, 2.45) is 0 Å². The Bertz CT molecular complexity index is 206. The van der Waals surface area contributed by atoms with Crippen molar-refractivity contribution >= 4 is 17.7 Å². The molecule has 0 aromatic heterocycles. The Morgan fingerprint density at radius 3 is 2.62 bits per heavy atom. The summed E-state index contributed by atoms with van der Waals surface area (Å²) in [6.07, 6.45) is 11.8. The van der Waals surface area contributed by atoms with E-state index < -0.39 is 0 Å². The lowest BCUT2D eigenvalue weighted by molar-refractivity contribution is -0.141. The molecule has 0 saturated carbocycles. The molecule has 2 atom stereocenters. The van der Waals surface area contributed by atoms with E-state index in [-0.39, 0.29) is 12.1 Å². The molecule has 94 valence electrons. The fraction of sp³-hybridized carbons (Fsp3) is 0.923. The van der Waals surface area contributed by atoms with Crippen LogP contribution in [0.5, 0.6) is 0 Å². The Morgan fingerprint density at radius 1 is 1.25 bits per heavy atom. The highest BCUT2D eigenvalue weighted by Gasteiger charge is 2.33. The van der Waals surface area contributed by atoms with Gasteiger partial charge < -0.3 is 4.74 Å². The van der Waals surface area contributed by atoms with Crippen molar-refractivity contribution in [3.63, 3.8) is 0 Å². The van der Waals surface area contributed by atoms with Gasteiger partial charge in [-0.25, -0.2) is 0 Å². The van der Waals surface area contributed by atoms with Crippen LogP contribution in [-0.2, 0) is 9.53 Å². The summed E-state index contributed by atoms with van der Waals surface area (Å²) >= 11 is 1.77. The Labute approximate surface area is 104 Å². The van der Waals surface area contributed by atoms with Gasteiger partial charge in [-0.2, -0.15) is 11.8 Å². The van der Waals surface area contributed by atoms with Gasteiger partial charge in [0.05, 0.1) is 11.7 Å². The van der Waals surface area contributed by atoms with Crippen molar-refractivity contribution in [2.45, 2.75) is 69.6 Å². The van der Waals surface area contributed by atoms with E-state index in [0.717, 1.165) is 6.42 Å². The molecule has 2 nitrogen and oxygen atoms in total. The molecule has 0 spiro atoms. The van der Waals surface area contributed by atoms with Crippen LogP contribution in [0.3, 0.4) is 0 Å². The maximum absolute atomic E-state index is 11.2. The molecule has 0 aliphatic carbocycles. The van der Waals surface area contributed by atoms with Gasteiger partial charge in [0.2, 0.25) is 0 Å². The minimum absolute atomic E-state index is 0.00432. The van der Waals surface area contributed by atoms with Gasteiger partial charge in [0.1, 0.15) is 6.10 Å². The molecule has 0 amide bonds. The summed E-state index contributed by atoms with van der Waals surface area (Å²) in [4.78, 5) is 11.2. The molecule has 0 aromatic carbocycles. The molecule has 0 unspecified atom stereocenters. The number of rotatable bonds is 8. The summed E-state index contributed by atoms with van der Waals surface area (Å²) in [7, 11) is 0. The fourth-order valence-electron chi connectivity index (χ4n) is 2.19. The maximum atomic E-state index is 11.2. The van der Waals surface area contributed by atoms with Crippen molar-refractivity contribution in [1.82, 2.24) is 0 Å². The molecule has 1 aliphatic rings. The first-order chi connectivity index (χ1) is 7.77. The van der Waals surface area contributed by atoms with Crippen molar-refractivity contribution < 1.29 is 9.53 Å². The van der Waals surface area contributed by atoms with Crippen LogP contribution in [0.25, 0.3) is 0 Å². The molecule has 0 radical (unpaired) electrons. The minimum Gasteiger partial charge on any atom is -0.461 e. The summed E-state index contributed by atoms with van der Waals surface area (Å²) in [5.74, 6) is -0.00432. The second-order valence-corrected chi connectivity index (χ2v) is 5.64. The van der Waals surface area contributed by atoms with Crippen LogP contribution in [0.1, 0.15) is 58.3 Å². The van der Waals surface area contributed by atoms with Crippen molar-refractivity contribution in [3.05, 3.63) is 0 Å². The number of cyclic esters (lactones) is 1. The predicted octanol–water partition coefficient (Wildman–Crippen LogP) is 3.78. The number of ether oxygens (including phenoxy) is 1. The lowest BCUT2D eigenvalue weighted by Crippen LogP contribution is -2.17. The van der Waals surface area contributed by atoms with E-state index in [1.54, 1.807) is 11.8 Å². The van der Waals surface area contributed by atoms with Crippen LogP contribution in [0.2, 0.25) is 0 Å². The second-order valence-electron chi connectivity index (χ2n) is 4.56. The predicted molar refractivity (Wildman–Crippen MR) is 69.8 cm³/mol. The number of hydrogen-bond donors (Lipinski definition) is 0. The topological polar surface area (TPSA) is 26.3 Å². The highest BCUT2D eigenvalue weighted by molar-refractivity contribution is 7.99. The van der Waals surface area contributed by atoms with Gasteiger partial charge in [-0.05, 0) is 19.1 Å². The van der Waals surface area contributed by atoms with E-state index in [9.17, 15) is 4.79 Å². The largest absolute Gasteiger partial charge is 0.461 e. The van der Waals surface area contributed by atoms with Crippen molar-refractivity contribution in [2.75, 3.05) is 6.26 Å². The normalized spacial score (nSPS) is 24.8. The van der Waals surface area contributed by atoms with Crippen molar-refractivity contribution in [3.8, 4) is 0 Å². The van der Waals surface area contributed by atoms with E-state index in [0.29, 0.717) is 11.7 Å². The third-order valence-corrected chi connectivity index (χ3v) is 4.29. The van der Waals surface area contributed by atoms with Crippen molar-refractivity contribution in [1.29, 1.82) is 0 Å². The van der Waals surface area contributed by atoms with E-state index in [2.05, 4.69) is 13.2 Å². The Kier molecular flexibility index (Phi) is 6.93. The highest BCUT2D eigenvalue weighted by Crippen LogP contribution is 2.28. The third-order valence-electron chi connectivity index (χ3n) is 3.21. The zero-order valence-corrected chi connectivity index (χ0v) is 11.4. The number of thioether (sulfide) groups is 1. The molecular formula is C13H24O2S. The Morgan fingerprint density at radius 2 is 1.94 bits per heavy atom. The lowest BCUT2D eigenvalue weighted by atomic mass is 10.1. The van der Waals surface area contributed by atoms with Gasteiger partial charge >= 0.3 is 5.97 Å². The van der Waals surface area contributed by atoms with Crippen LogP contribution in [0.15, 0.2) is 0 Å². The summed E-state index contributed by atoms with van der Waals surface area (Å²) in [6, 6.07) is 0. The molecule has 3 heteroatoms. The maximum Gasteiger partial charge on any atom is 0.307 e. The summed E-state index contributed by atoms with van der Waals surface area (Å²) in [6.45, 7) is 2.24. The third kappa shape index (κ3) is 4.77. The Balaban J connectivity index is 2.05. The molecule has 1 heterocycles. The molecule has 0 aromatic rings. The fourth-order valence-corrected chi connectivity index (χ4v) is 2.99. The van der Waals surface area contributed by atoms with Gasteiger partial charge in [-0.15, -0.1) is 0 Å². The van der Waals surface area contributed by atoms with E-state index in [1.807, 2.05) is 0 Å². The van der Waals surface area contributed by atoms with Crippen LogP contribution in [0, 0.1) is 0 Å².